The fourth-order valence-corrected chi connectivity index (χ4v) is 3.35. The summed E-state index contributed by atoms with van der Waals surface area (Å²) in [5.74, 6) is -1.90. The van der Waals surface area contributed by atoms with Crippen molar-refractivity contribution < 1.29 is 13.6 Å². The lowest BCUT2D eigenvalue weighted by molar-refractivity contribution is -0.120. The van der Waals surface area contributed by atoms with Gasteiger partial charge in [0.15, 0.2) is 11.6 Å². The monoisotopic (exact) mass is 351 g/mol. The van der Waals surface area contributed by atoms with E-state index in [1.54, 1.807) is 24.5 Å². The Hall–Kier alpha value is -3.15. The van der Waals surface area contributed by atoms with E-state index >= 15 is 0 Å². The van der Waals surface area contributed by atoms with Gasteiger partial charge in [-0.2, -0.15) is 0 Å². The van der Waals surface area contributed by atoms with Crippen molar-refractivity contribution in [3.05, 3.63) is 77.9 Å². The zero-order chi connectivity index (χ0) is 18.3. The zero-order valence-corrected chi connectivity index (χ0v) is 14.0. The normalized spacial score (nSPS) is 18.5. The van der Waals surface area contributed by atoms with Gasteiger partial charge in [-0.05, 0) is 59.9 Å². The number of anilines is 1. The van der Waals surface area contributed by atoms with Crippen LogP contribution in [0.15, 0.2) is 55.1 Å². The Bertz CT molecular complexity index is 1010. The number of aromatic nitrogens is 2. The molecule has 0 saturated carbocycles. The van der Waals surface area contributed by atoms with Crippen LogP contribution in [-0.4, -0.2) is 15.9 Å². The molecule has 1 aromatic heterocycles. The summed E-state index contributed by atoms with van der Waals surface area (Å²) in [7, 11) is 0. The number of halogens is 2. The van der Waals surface area contributed by atoms with Crippen LogP contribution in [-0.2, 0) is 16.6 Å². The first-order valence-corrected chi connectivity index (χ1v) is 8.13. The molecule has 130 valence electrons. The average Bonchev–Trinajstić information content (AvgIpc) is 2.88. The number of fused-ring (bicyclic) bond motifs is 1. The molecule has 4 rings (SSSR count). The van der Waals surface area contributed by atoms with E-state index in [2.05, 4.69) is 15.3 Å². The number of benzene rings is 2. The van der Waals surface area contributed by atoms with Gasteiger partial charge in [-0.3, -0.25) is 4.79 Å². The quantitative estimate of drug-likeness (QED) is 0.779. The van der Waals surface area contributed by atoms with Gasteiger partial charge in [-0.25, -0.2) is 18.7 Å². The van der Waals surface area contributed by atoms with Crippen LogP contribution >= 0.6 is 0 Å². The maximum Gasteiger partial charge on any atom is 0.235 e. The Morgan fingerprint density at radius 1 is 1.00 bits per heavy atom. The summed E-state index contributed by atoms with van der Waals surface area (Å²) in [6.07, 6.45) is 5.25. The van der Waals surface area contributed by atoms with Crippen LogP contribution in [0.4, 0.5) is 14.5 Å². The first kappa shape index (κ1) is 16.3. The van der Waals surface area contributed by atoms with Crippen molar-refractivity contribution in [1.82, 2.24) is 9.97 Å². The summed E-state index contributed by atoms with van der Waals surface area (Å²) >= 11 is 0. The van der Waals surface area contributed by atoms with E-state index < -0.39 is 17.0 Å². The summed E-state index contributed by atoms with van der Waals surface area (Å²) < 4.78 is 26.8. The van der Waals surface area contributed by atoms with Gasteiger partial charge in [-0.15, -0.1) is 0 Å². The second-order valence-corrected chi connectivity index (χ2v) is 6.60. The third-order valence-corrected chi connectivity index (χ3v) is 4.79. The lowest BCUT2D eigenvalue weighted by Gasteiger charge is -2.22. The molecule has 3 aromatic rings. The second kappa shape index (κ2) is 5.98. The number of rotatable bonds is 3. The predicted molar refractivity (Wildman–Crippen MR) is 93.5 cm³/mol. The summed E-state index contributed by atoms with van der Waals surface area (Å²) in [5, 5.41) is 2.89. The number of amides is 1. The molecule has 1 aliphatic heterocycles. The Labute approximate surface area is 148 Å². The minimum atomic E-state index is -0.901. The maximum absolute atomic E-state index is 13.6. The molecule has 2 heterocycles. The largest absolute Gasteiger partial charge is 0.325 e. The van der Waals surface area contributed by atoms with Crippen LogP contribution in [0.5, 0.6) is 0 Å². The minimum absolute atomic E-state index is 0.112. The van der Waals surface area contributed by atoms with Gasteiger partial charge in [0.1, 0.15) is 6.33 Å². The van der Waals surface area contributed by atoms with Crippen LogP contribution in [0, 0.1) is 11.6 Å². The van der Waals surface area contributed by atoms with Crippen molar-refractivity contribution in [1.29, 1.82) is 0 Å². The molecule has 1 amide bonds. The lowest BCUT2D eigenvalue weighted by atomic mass is 9.78. The highest BCUT2D eigenvalue weighted by Crippen LogP contribution is 2.42. The Morgan fingerprint density at radius 3 is 2.42 bits per heavy atom. The molecular formula is C20H15F2N3O. The van der Waals surface area contributed by atoms with Gasteiger partial charge >= 0.3 is 0 Å². The van der Waals surface area contributed by atoms with Gasteiger partial charge in [0, 0.05) is 18.1 Å². The molecule has 4 nitrogen and oxygen atoms in total. The van der Waals surface area contributed by atoms with E-state index in [4.69, 9.17) is 0 Å². The van der Waals surface area contributed by atoms with Crippen LogP contribution < -0.4 is 5.32 Å². The molecule has 6 heteroatoms. The number of carbonyl (C=O) groups is 1. The minimum Gasteiger partial charge on any atom is -0.325 e. The Morgan fingerprint density at radius 2 is 1.69 bits per heavy atom. The summed E-state index contributed by atoms with van der Waals surface area (Å²) in [6.45, 7) is 1.86. The molecule has 0 spiro atoms. The molecule has 2 aromatic carbocycles. The molecule has 0 bridgehead atoms. The molecule has 1 N–H and O–H groups in total. The highest BCUT2D eigenvalue weighted by Gasteiger charge is 2.42. The lowest BCUT2D eigenvalue weighted by Crippen LogP contribution is -2.33. The van der Waals surface area contributed by atoms with Crippen molar-refractivity contribution in [2.24, 2.45) is 0 Å². The van der Waals surface area contributed by atoms with Gasteiger partial charge < -0.3 is 5.32 Å². The molecule has 0 saturated heterocycles. The van der Waals surface area contributed by atoms with Crippen molar-refractivity contribution in [3.63, 3.8) is 0 Å². The summed E-state index contributed by atoms with van der Waals surface area (Å²) in [6, 6.07) is 9.20. The van der Waals surface area contributed by atoms with Crippen molar-refractivity contribution in [2.75, 3.05) is 5.32 Å². The zero-order valence-electron chi connectivity index (χ0n) is 14.0. The van der Waals surface area contributed by atoms with E-state index in [1.165, 1.54) is 12.4 Å². The fraction of sp³-hybridized carbons (Fsp3) is 0.150. The van der Waals surface area contributed by atoms with Gasteiger partial charge in [0.05, 0.1) is 5.41 Å². The molecule has 1 atom stereocenters. The molecule has 0 radical (unpaired) electrons. The highest BCUT2D eigenvalue weighted by atomic mass is 19.2. The standard InChI is InChI=1S/C20H15F2N3O/c1-20(8-12-9-23-11-24-10-12)15-6-13(3-5-18(15)25-19(20)26)14-2-4-16(21)17(22)7-14/h2-7,9-11H,8H2,1H3,(H,25,26). The third kappa shape index (κ3) is 2.63. The van der Waals surface area contributed by atoms with E-state index in [9.17, 15) is 13.6 Å². The maximum atomic E-state index is 13.6. The van der Waals surface area contributed by atoms with Gasteiger partial charge in [0.2, 0.25) is 5.91 Å². The predicted octanol–water partition coefficient (Wildman–Crippen LogP) is 3.87. The van der Waals surface area contributed by atoms with Crippen molar-refractivity contribution in [2.45, 2.75) is 18.8 Å². The second-order valence-electron chi connectivity index (χ2n) is 6.60. The van der Waals surface area contributed by atoms with E-state index in [0.717, 1.165) is 34.5 Å². The molecule has 26 heavy (non-hydrogen) atoms. The first-order chi connectivity index (χ1) is 12.5. The highest BCUT2D eigenvalue weighted by molar-refractivity contribution is 6.06. The van der Waals surface area contributed by atoms with Crippen molar-refractivity contribution >= 4 is 11.6 Å². The van der Waals surface area contributed by atoms with Gasteiger partial charge in [0.25, 0.3) is 0 Å². The summed E-state index contributed by atoms with van der Waals surface area (Å²) in [5.41, 5.74) is 2.85. The molecule has 1 aliphatic rings. The molecular weight excluding hydrogens is 336 g/mol. The fourth-order valence-electron chi connectivity index (χ4n) is 3.35. The van der Waals surface area contributed by atoms with Crippen LogP contribution in [0.25, 0.3) is 11.1 Å². The topological polar surface area (TPSA) is 54.9 Å². The average molecular weight is 351 g/mol. The van der Waals surface area contributed by atoms with Crippen LogP contribution in [0.3, 0.4) is 0 Å². The molecule has 0 aliphatic carbocycles. The molecule has 1 unspecified atom stereocenters. The molecule has 0 fully saturated rings. The number of hydrogen-bond donors (Lipinski definition) is 1. The van der Waals surface area contributed by atoms with E-state index in [1.807, 2.05) is 13.0 Å². The SMILES string of the molecule is CC1(Cc2cncnc2)C(=O)Nc2ccc(-c3ccc(F)c(F)c3)cc21. The van der Waals surface area contributed by atoms with Crippen LogP contribution in [0.1, 0.15) is 18.1 Å². The third-order valence-electron chi connectivity index (χ3n) is 4.79. The number of carbonyl (C=O) groups excluding carboxylic acids is 1. The van der Waals surface area contributed by atoms with Gasteiger partial charge in [-0.1, -0.05) is 12.1 Å². The number of nitrogens with zero attached hydrogens (tertiary/aromatic N) is 2. The Kier molecular flexibility index (Phi) is 3.76. The van der Waals surface area contributed by atoms with E-state index in [0.29, 0.717) is 12.0 Å². The number of hydrogen-bond acceptors (Lipinski definition) is 3. The van der Waals surface area contributed by atoms with Crippen LogP contribution in [0.2, 0.25) is 0 Å². The Balaban J connectivity index is 1.78. The number of nitrogens with one attached hydrogen (secondary N) is 1. The summed E-state index contributed by atoms with van der Waals surface area (Å²) in [4.78, 5) is 20.6. The first-order valence-electron chi connectivity index (χ1n) is 8.13. The van der Waals surface area contributed by atoms with Crippen molar-refractivity contribution in [3.8, 4) is 11.1 Å². The smallest absolute Gasteiger partial charge is 0.235 e. The van der Waals surface area contributed by atoms with E-state index in [-0.39, 0.29) is 5.91 Å².